The van der Waals surface area contributed by atoms with Crippen molar-refractivity contribution in [1.29, 1.82) is 0 Å². The minimum Gasteiger partial charge on any atom is -0.497 e. The lowest BCUT2D eigenvalue weighted by molar-refractivity contribution is -0.161. The van der Waals surface area contributed by atoms with Gasteiger partial charge < -0.3 is 19.9 Å². The summed E-state index contributed by atoms with van der Waals surface area (Å²) in [6, 6.07) is 15.4. The van der Waals surface area contributed by atoms with E-state index in [4.69, 9.17) is 19.9 Å². The summed E-state index contributed by atoms with van der Waals surface area (Å²) in [6.45, 7) is 1.54. The molecule has 2 N–H and O–H groups in total. The molecule has 126 valence electrons. The largest absolute Gasteiger partial charge is 0.497 e. The number of hydrogen-bond donors (Lipinski definition) is 1. The molecule has 0 saturated carbocycles. The third-order valence-electron chi connectivity index (χ3n) is 3.30. The molecule has 0 radical (unpaired) electrons. The summed E-state index contributed by atoms with van der Waals surface area (Å²) in [5.41, 5.74) is 5.84. The highest BCUT2D eigenvalue weighted by Gasteiger charge is 2.26. The Labute approximate surface area is 140 Å². The van der Waals surface area contributed by atoms with Crippen LogP contribution in [0.4, 0.5) is 0 Å². The molecule has 2 aromatic carbocycles. The normalized spacial score (nSPS) is 12.8. The maximum Gasteiger partial charge on any atom is 0.348 e. The van der Waals surface area contributed by atoms with Crippen molar-refractivity contribution in [2.45, 2.75) is 19.1 Å². The van der Waals surface area contributed by atoms with E-state index in [0.29, 0.717) is 17.1 Å². The number of carbonyl (C=O) groups excluding carboxylic acids is 2. The Morgan fingerprint density at radius 2 is 1.54 bits per heavy atom. The first-order chi connectivity index (χ1) is 11.5. The Kier molecular flexibility index (Phi) is 5.78. The molecular weight excluding hydrogens is 310 g/mol. The highest BCUT2D eigenvalue weighted by molar-refractivity contribution is 5.84. The lowest BCUT2D eigenvalue weighted by Crippen LogP contribution is -2.32. The standard InChI is InChI=1S/C18H19NO5/c1-12(23-15-10-8-14(22-2)9-11-15)18(21)24-16(17(19)20)13-6-4-3-5-7-13/h3-12,16H,1-2H3,(H2,19,20)/t12-,16+/m0/s1. The molecule has 0 aromatic heterocycles. The molecule has 2 rings (SSSR count). The van der Waals surface area contributed by atoms with Crippen LogP contribution >= 0.6 is 0 Å². The predicted molar refractivity (Wildman–Crippen MR) is 87.6 cm³/mol. The minimum absolute atomic E-state index is 0.482. The van der Waals surface area contributed by atoms with Crippen LogP contribution in [0.15, 0.2) is 54.6 Å². The van der Waals surface area contributed by atoms with Gasteiger partial charge in [0.1, 0.15) is 11.5 Å². The summed E-state index contributed by atoms with van der Waals surface area (Å²) in [6.07, 6.45) is -2.05. The average molecular weight is 329 g/mol. The summed E-state index contributed by atoms with van der Waals surface area (Å²) >= 11 is 0. The van der Waals surface area contributed by atoms with Gasteiger partial charge in [-0.15, -0.1) is 0 Å². The predicted octanol–water partition coefficient (Wildman–Crippen LogP) is 2.23. The lowest BCUT2D eigenvalue weighted by atomic mass is 10.1. The van der Waals surface area contributed by atoms with Crippen molar-refractivity contribution in [2.75, 3.05) is 7.11 Å². The number of ether oxygens (including phenoxy) is 3. The number of hydrogen-bond acceptors (Lipinski definition) is 5. The summed E-state index contributed by atoms with van der Waals surface area (Å²) < 4.78 is 15.8. The van der Waals surface area contributed by atoms with E-state index in [1.54, 1.807) is 61.7 Å². The fraction of sp³-hybridized carbons (Fsp3) is 0.222. The van der Waals surface area contributed by atoms with Crippen LogP contribution in [0.2, 0.25) is 0 Å². The molecule has 2 aromatic rings. The van der Waals surface area contributed by atoms with Crippen molar-refractivity contribution in [2.24, 2.45) is 5.73 Å². The van der Waals surface area contributed by atoms with Crippen LogP contribution in [0.5, 0.6) is 11.5 Å². The van der Waals surface area contributed by atoms with Crippen LogP contribution in [-0.2, 0) is 14.3 Å². The number of amides is 1. The number of rotatable bonds is 7. The van der Waals surface area contributed by atoms with Gasteiger partial charge in [0.25, 0.3) is 5.91 Å². The highest BCUT2D eigenvalue weighted by Crippen LogP contribution is 2.21. The first kappa shape index (κ1) is 17.3. The molecular formula is C18H19NO5. The zero-order chi connectivity index (χ0) is 17.5. The summed E-state index contributed by atoms with van der Waals surface area (Å²) in [7, 11) is 1.56. The smallest absolute Gasteiger partial charge is 0.348 e. The van der Waals surface area contributed by atoms with Gasteiger partial charge in [0, 0.05) is 5.56 Å². The van der Waals surface area contributed by atoms with E-state index < -0.39 is 24.1 Å². The molecule has 24 heavy (non-hydrogen) atoms. The number of carbonyl (C=O) groups is 2. The van der Waals surface area contributed by atoms with Gasteiger partial charge in [0.2, 0.25) is 6.10 Å². The van der Waals surface area contributed by atoms with Crippen molar-refractivity contribution in [3.05, 3.63) is 60.2 Å². The highest BCUT2D eigenvalue weighted by atomic mass is 16.6. The zero-order valence-electron chi connectivity index (χ0n) is 13.5. The van der Waals surface area contributed by atoms with E-state index in [1.165, 1.54) is 6.92 Å². The lowest BCUT2D eigenvalue weighted by Gasteiger charge is -2.19. The average Bonchev–Trinajstić information content (AvgIpc) is 2.60. The van der Waals surface area contributed by atoms with E-state index >= 15 is 0 Å². The molecule has 0 heterocycles. The van der Waals surface area contributed by atoms with Gasteiger partial charge in [-0.25, -0.2) is 4.79 Å². The van der Waals surface area contributed by atoms with Crippen molar-refractivity contribution in [3.8, 4) is 11.5 Å². The van der Waals surface area contributed by atoms with Crippen LogP contribution in [0.25, 0.3) is 0 Å². The minimum atomic E-state index is -1.15. The molecule has 0 fully saturated rings. The summed E-state index contributed by atoms with van der Waals surface area (Å²) in [4.78, 5) is 23.8. The quantitative estimate of drug-likeness (QED) is 0.787. The Morgan fingerprint density at radius 3 is 2.08 bits per heavy atom. The molecule has 0 saturated heterocycles. The van der Waals surface area contributed by atoms with E-state index in [9.17, 15) is 9.59 Å². The van der Waals surface area contributed by atoms with Crippen LogP contribution in [-0.4, -0.2) is 25.1 Å². The second kappa shape index (κ2) is 8.01. The Balaban J connectivity index is 2.02. The van der Waals surface area contributed by atoms with Crippen molar-refractivity contribution >= 4 is 11.9 Å². The van der Waals surface area contributed by atoms with Gasteiger partial charge in [0.15, 0.2) is 6.10 Å². The Hall–Kier alpha value is -3.02. The molecule has 6 heteroatoms. The molecule has 0 spiro atoms. The fourth-order valence-electron chi connectivity index (χ4n) is 2.04. The third-order valence-corrected chi connectivity index (χ3v) is 3.30. The molecule has 0 bridgehead atoms. The fourth-order valence-corrected chi connectivity index (χ4v) is 2.04. The SMILES string of the molecule is COc1ccc(O[C@@H](C)C(=O)O[C@@H](C(N)=O)c2ccccc2)cc1. The molecule has 0 aliphatic rings. The van der Waals surface area contributed by atoms with E-state index in [2.05, 4.69) is 0 Å². The first-order valence-corrected chi connectivity index (χ1v) is 7.36. The second-order valence-electron chi connectivity index (χ2n) is 5.07. The molecule has 2 atom stereocenters. The number of nitrogens with two attached hydrogens (primary N) is 1. The third kappa shape index (κ3) is 4.49. The van der Waals surface area contributed by atoms with Crippen molar-refractivity contribution in [3.63, 3.8) is 0 Å². The van der Waals surface area contributed by atoms with Crippen molar-refractivity contribution in [1.82, 2.24) is 0 Å². The van der Waals surface area contributed by atoms with E-state index in [0.717, 1.165) is 0 Å². The molecule has 0 unspecified atom stereocenters. The molecule has 1 amide bonds. The zero-order valence-corrected chi connectivity index (χ0v) is 13.5. The van der Waals surface area contributed by atoms with Gasteiger partial charge >= 0.3 is 5.97 Å². The Morgan fingerprint density at radius 1 is 0.958 bits per heavy atom. The number of esters is 1. The molecule has 0 aliphatic carbocycles. The van der Waals surface area contributed by atoms with Gasteiger partial charge in [0.05, 0.1) is 7.11 Å². The van der Waals surface area contributed by atoms with Crippen LogP contribution in [0.3, 0.4) is 0 Å². The maximum absolute atomic E-state index is 12.2. The van der Waals surface area contributed by atoms with Crippen LogP contribution < -0.4 is 15.2 Å². The number of benzene rings is 2. The maximum atomic E-state index is 12.2. The molecule has 6 nitrogen and oxygen atoms in total. The number of primary amides is 1. The first-order valence-electron chi connectivity index (χ1n) is 7.36. The van der Waals surface area contributed by atoms with Gasteiger partial charge in [-0.05, 0) is 31.2 Å². The number of methoxy groups -OCH3 is 1. The molecule has 0 aliphatic heterocycles. The summed E-state index contributed by atoms with van der Waals surface area (Å²) in [5, 5.41) is 0. The van der Waals surface area contributed by atoms with Gasteiger partial charge in [-0.2, -0.15) is 0 Å². The second-order valence-corrected chi connectivity index (χ2v) is 5.07. The van der Waals surface area contributed by atoms with Crippen molar-refractivity contribution < 1.29 is 23.8 Å². The summed E-state index contributed by atoms with van der Waals surface area (Å²) in [5.74, 6) is -0.268. The van der Waals surface area contributed by atoms with Crippen LogP contribution in [0, 0.1) is 0 Å². The van der Waals surface area contributed by atoms with Crippen LogP contribution in [0.1, 0.15) is 18.6 Å². The van der Waals surface area contributed by atoms with Gasteiger partial charge in [-0.3, -0.25) is 4.79 Å². The van der Waals surface area contributed by atoms with E-state index in [-0.39, 0.29) is 0 Å². The topological polar surface area (TPSA) is 87.8 Å². The monoisotopic (exact) mass is 329 g/mol. The Bertz CT molecular complexity index is 684. The van der Waals surface area contributed by atoms with E-state index in [1.807, 2.05) is 0 Å². The van der Waals surface area contributed by atoms with Gasteiger partial charge in [-0.1, -0.05) is 30.3 Å².